The number of aliphatic hydroxyl groups is 10. The Kier molecular flexibility index (Phi) is 126. The van der Waals surface area contributed by atoms with Gasteiger partial charge in [-0.05, 0) is 135 Å². The van der Waals surface area contributed by atoms with Gasteiger partial charge in [-0.25, -0.2) is 0 Å². The Labute approximate surface area is 629 Å². The quantitative estimate of drug-likeness (QED) is 0.0271. The van der Waals surface area contributed by atoms with Crippen molar-refractivity contribution >= 4 is 0 Å². The van der Waals surface area contributed by atoms with Crippen molar-refractivity contribution in [1.82, 2.24) is 0 Å². The molecular formula is C82H176O20. The zero-order valence-electron chi connectivity index (χ0n) is 70.1. The normalized spacial score (nSPS) is 13.7. The molecule has 20 heteroatoms. The van der Waals surface area contributed by atoms with Crippen molar-refractivity contribution in [2.45, 2.75) is 367 Å². The fourth-order valence-corrected chi connectivity index (χ4v) is 6.83. The van der Waals surface area contributed by atoms with Crippen molar-refractivity contribution in [3.63, 3.8) is 0 Å². The van der Waals surface area contributed by atoms with Crippen molar-refractivity contribution in [2.75, 3.05) is 126 Å². The smallest absolute Gasteiger partial charge is 0.0771 e. The Balaban J connectivity index is -0.000000135. The minimum absolute atomic E-state index is 0.267. The third kappa shape index (κ3) is 125. The second kappa shape index (κ2) is 108. The van der Waals surface area contributed by atoms with Crippen LogP contribution in [-0.2, 0) is 54.0 Å². The second-order valence-corrected chi connectivity index (χ2v) is 25.2. The second-order valence-electron chi connectivity index (χ2n) is 25.2. The predicted molar refractivity (Wildman–Crippen MR) is 426 cm³/mol. The molecule has 0 aromatic heterocycles. The Morgan fingerprint density at radius 2 is 0.520 bits per heavy atom. The van der Waals surface area contributed by atoms with E-state index in [1.165, 1.54) is 57.8 Å². The van der Waals surface area contributed by atoms with E-state index in [9.17, 15) is 10.2 Å². The average molecular weight is 1480 g/mol. The number of aliphatic hydroxyl groups excluding tert-OH is 10. The van der Waals surface area contributed by atoms with Crippen LogP contribution in [0.2, 0.25) is 0 Å². The van der Waals surface area contributed by atoms with Gasteiger partial charge in [0.15, 0.2) is 0 Å². The summed E-state index contributed by atoms with van der Waals surface area (Å²) in [5.41, 5.74) is 1.14. The van der Waals surface area contributed by atoms with Gasteiger partial charge in [-0.2, -0.15) is 0 Å². The number of hydrogen-bond acceptors (Lipinski definition) is 20. The zero-order valence-corrected chi connectivity index (χ0v) is 70.1. The molecule has 0 aliphatic heterocycles. The lowest BCUT2D eigenvalue weighted by Gasteiger charge is -2.16. The molecule has 20 nitrogen and oxygen atoms in total. The third-order valence-electron chi connectivity index (χ3n) is 14.7. The highest BCUT2D eigenvalue weighted by Gasteiger charge is 2.09. The average Bonchev–Trinajstić information content (AvgIpc) is 1.07. The highest BCUT2D eigenvalue weighted by molar-refractivity contribution is 5.13. The summed E-state index contributed by atoms with van der Waals surface area (Å²) >= 11 is 0. The van der Waals surface area contributed by atoms with E-state index in [-0.39, 0.29) is 61.0 Å². The third-order valence-corrected chi connectivity index (χ3v) is 14.7. The van der Waals surface area contributed by atoms with E-state index in [0.29, 0.717) is 98.4 Å². The van der Waals surface area contributed by atoms with E-state index in [4.69, 9.17) is 88.2 Å². The summed E-state index contributed by atoms with van der Waals surface area (Å²) in [5.74, 6) is 0.680. The van der Waals surface area contributed by atoms with Gasteiger partial charge in [0.2, 0.25) is 0 Å². The molecule has 0 radical (unpaired) electrons. The lowest BCUT2D eigenvalue weighted by molar-refractivity contribution is 0.0176. The van der Waals surface area contributed by atoms with Crippen LogP contribution in [-0.4, -0.2) is 238 Å². The van der Waals surface area contributed by atoms with Crippen LogP contribution in [0.1, 0.15) is 305 Å². The lowest BCUT2D eigenvalue weighted by Crippen LogP contribution is -2.17. The van der Waals surface area contributed by atoms with Gasteiger partial charge in [-0.3, -0.25) is 0 Å². The van der Waals surface area contributed by atoms with E-state index < -0.39 is 0 Å². The van der Waals surface area contributed by atoms with E-state index in [0.717, 1.165) is 148 Å². The maximum absolute atomic E-state index is 9.29. The minimum Gasteiger partial charge on any atom is -0.391 e. The van der Waals surface area contributed by atoms with E-state index in [1.54, 1.807) is 6.92 Å². The first kappa shape index (κ1) is 119. The standard InChI is InChI=1S/C12H26O2.C11H16O2.C10H22O2.C9H20O2.2C8H18O2.C7H16O2.2C6H14O2.C5H12O2/c1-4-7-8-11(5-2)9-14-10-12(13)6-3;1-2-11(12)9-13-8-10-6-4-3-5-7-10;1-3-5-6-7-8-12-9-10(11)4-2;1-3-5-6-7-11-8-9(10)4-2;2*1-3-5-6-10-7-8(9)4-2;1-3-5-9-6-7(8)4-2;2*1-3-6(7)5-8-4-2;1-3-7-4-5(2)6/h11-13H,4-10H2,1-3H3;3-7,11-12H,2,8-9H2,1H3;10-11H,3-9H2,1-2H3;9-10H,3-8H2,1-2H3;2*8-9H,3-7H2,1-2H3;7-8H,3-6H2,1-2H3;2*6-7H,3-5H2,1-2H3;5-6H,3-4H2,1-2H3. The first-order valence-electron chi connectivity index (χ1n) is 40.6. The molecule has 0 amide bonds. The van der Waals surface area contributed by atoms with Gasteiger partial charge < -0.3 is 98.4 Å². The van der Waals surface area contributed by atoms with E-state index >= 15 is 0 Å². The highest BCUT2D eigenvalue weighted by Crippen LogP contribution is 2.13. The molecule has 0 heterocycles. The Bertz CT molecular complexity index is 1450. The monoisotopic (exact) mass is 1480 g/mol. The molecule has 11 unspecified atom stereocenters. The first-order chi connectivity index (χ1) is 49.0. The molecule has 11 atom stereocenters. The molecule has 1 aromatic rings. The molecule has 0 aliphatic carbocycles. The number of rotatable bonds is 57. The predicted octanol–water partition coefficient (Wildman–Crippen LogP) is 15.6. The number of hydrogen-bond donors (Lipinski definition) is 10. The molecule has 1 rings (SSSR count). The summed E-state index contributed by atoms with van der Waals surface area (Å²) in [6.45, 7) is 52.3. The SMILES string of the molecule is CCC(O)COCc1ccccc1.CCCCC(CC)COCC(O)CC.CCCCCCOCC(O)CC.CCCCCOCC(O)CC.CCCCOCC(O)CC.CCCCOCC(O)CC.CCCOCC(O)CC.CCOCC(C)O.CCOCC(O)CC.CCOCC(O)CC. The Morgan fingerprint density at radius 1 is 0.245 bits per heavy atom. The van der Waals surface area contributed by atoms with Crippen LogP contribution in [0.5, 0.6) is 0 Å². The number of ether oxygens (including phenoxy) is 10. The van der Waals surface area contributed by atoms with Crippen LogP contribution in [0, 0.1) is 5.92 Å². The summed E-state index contributed by atoms with van der Waals surface area (Å²) in [6, 6.07) is 9.96. The maximum atomic E-state index is 9.29. The fraction of sp³-hybridized carbons (Fsp3) is 0.927. The summed E-state index contributed by atoms with van der Waals surface area (Å²) < 4.78 is 51.5. The van der Waals surface area contributed by atoms with Crippen molar-refractivity contribution in [1.29, 1.82) is 0 Å². The minimum atomic E-state index is -0.330. The van der Waals surface area contributed by atoms with Crippen LogP contribution in [0.25, 0.3) is 0 Å². The Morgan fingerprint density at radius 3 is 0.804 bits per heavy atom. The van der Waals surface area contributed by atoms with E-state index in [2.05, 4.69) is 48.5 Å². The molecule has 0 aliphatic rings. The first-order valence-corrected chi connectivity index (χ1v) is 40.6. The molecule has 102 heavy (non-hydrogen) atoms. The van der Waals surface area contributed by atoms with Crippen molar-refractivity contribution in [2.24, 2.45) is 5.92 Å². The van der Waals surface area contributed by atoms with Crippen LogP contribution in [0.3, 0.4) is 0 Å². The summed E-state index contributed by atoms with van der Waals surface area (Å²) in [5, 5.41) is 90.0. The fourth-order valence-electron chi connectivity index (χ4n) is 6.83. The summed E-state index contributed by atoms with van der Waals surface area (Å²) in [6.07, 6.45) is 23.2. The maximum Gasteiger partial charge on any atom is 0.0771 e. The Hall–Kier alpha value is -1.58. The largest absolute Gasteiger partial charge is 0.391 e. The van der Waals surface area contributed by atoms with Crippen molar-refractivity contribution < 1.29 is 98.4 Å². The van der Waals surface area contributed by atoms with Gasteiger partial charge >= 0.3 is 0 Å². The van der Waals surface area contributed by atoms with E-state index in [1.807, 2.05) is 113 Å². The number of benzene rings is 1. The van der Waals surface area contributed by atoms with Gasteiger partial charge in [-0.15, -0.1) is 0 Å². The van der Waals surface area contributed by atoms with Gasteiger partial charge in [-0.1, -0.05) is 205 Å². The molecule has 0 bridgehead atoms. The molecule has 0 saturated heterocycles. The van der Waals surface area contributed by atoms with Crippen LogP contribution in [0.15, 0.2) is 30.3 Å². The van der Waals surface area contributed by atoms with Gasteiger partial charge in [0, 0.05) is 59.5 Å². The molecule has 0 fully saturated rings. The summed E-state index contributed by atoms with van der Waals surface area (Å²) in [4.78, 5) is 0. The molecule has 0 saturated carbocycles. The van der Waals surface area contributed by atoms with Crippen molar-refractivity contribution in [3.05, 3.63) is 35.9 Å². The molecule has 0 spiro atoms. The van der Waals surface area contributed by atoms with Crippen LogP contribution in [0.4, 0.5) is 0 Å². The molecular weight excluding hydrogens is 1300 g/mol. The zero-order chi connectivity index (χ0) is 79.4. The van der Waals surface area contributed by atoms with Gasteiger partial charge in [0.1, 0.15) is 0 Å². The highest BCUT2D eigenvalue weighted by atomic mass is 16.5. The van der Waals surface area contributed by atoms with Crippen molar-refractivity contribution in [3.8, 4) is 0 Å². The van der Waals surface area contributed by atoms with Gasteiger partial charge in [0.25, 0.3) is 0 Å². The summed E-state index contributed by atoms with van der Waals surface area (Å²) in [7, 11) is 0. The van der Waals surface area contributed by atoms with Crippen LogP contribution >= 0.6 is 0 Å². The topological polar surface area (TPSA) is 295 Å². The molecule has 1 aromatic carbocycles. The number of unbranched alkanes of at least 4 members (excludes halogenated alkanes) is 8. The van der Waals surface area contributed by atoms with Gasteiger partial charge in [0.05, 0.1) is 134 Å². The molecule has 624 valence electrons. The van der Waals surface area contributed by atoms with Crippen LogP contribution < -0.4 is 0 Å². The lowest BCUT2D eigenvalue weighted by atomic mass is 10.0. The molecule has 10 N–H and O–H groups in total.